The normalized spacial score (nSPS) is 14.2. The highest BCUT2D eigenvalue weighted by atomic mass is 16.5. The van der Waals surface area contributed by atoms with E-state index in [1.165, 1.54) is 0 Å². The molecule has 0 saturated carbocycles. The first-order valence-electron chi connectivity index (χ1n) is 6.25. The van der Waals surface area contributed by atoms with Crippen LogP contribution in [0.3, 0.4) is 0 Å². The molecule has 0 bridgehead atoms. The van der Waals surface area contributed by atoms with Crippen molar-refractivity contribution in [2.45, 2.75) is 12.5 Å². The van der Waals surface area contributed by atoms with Gasteiger partial charge >= 0.3 is 0 Å². The molecule has 0 amide bonds. The van der Waals surface area contributed by atoms with Crippen LogP contribution in [-0.2, 0) is 12.6 Å². The van der Waals surface area contributed by atoms with Crippen molar-refractivity contribution in [1.29, 1.82) is 0 Å². The molecule has 1 atom stereocenters. The van der Waals surface area contributed by atoms with E-state index in [1.54, 1.807) is 10.9 Å². The average molecular weight is 269 g/mol. The van der Waals surface area contributed by atoms with Gasteiger partial charge in [0.15, 0.2) is 0 Å². The first-order valence-corrected chi connectivity index (χ1v) is 6.25. The van der Waals surface area contributed by atoms with Crippen LogP contribution in [-0.4, -0.2) is 19.9 Å². The zero-order valence-electron chi connectivity index (χ0n) is 11.3. The molecule has 0 aliphatic rings. The van der Waals surface area contributed by atoms with Crippen LogP contribution in [0.25, 0.3) is 11.4 Å². The van der Waals surface area contributed by atoms with Crippen molar-refractivity contribution >= 4 is 0 Å². The van der Waals surface area contributed by atoms with Crippen LogP contribution in [0.4, 0.5) is 0 Å². The summed E-state index contributed by atoms with van der Waals surface area (Å²) in [5, 5.41) is 8.06. The van der Waals surface area contributed by atoms with Gasteiger partial charge in [-0.05, 0) is 12.5 Å². The molecule has 6 heteroatoms. The largest absolute Gasteiger partial charge is 0.337 e. The molecule has 2 N–H and O–H groups in total. The molecule has 20 heavy (non-hydrogen) atoms. The van der Waals surface area contributed by atoms with Crippen LogP contribution in [0.5, 0.6) is 0 Å². The third kappa shape index (κ3) is 2.10. The molecule has 0 spiro atoms. The van der Waals surface area contributed by atoms with Crippen molar-refractivity contribution in [2.24, 2.45) is 12.8 Å². The molecule has 0 aliphatic heterocycles. The van der Waals surface area contributed by atoms with E-state index in [0.717, 1.165) is 11.1 Å². The molecule has 3 aromatic rings. The van der Waals surface area contributed by atoms with Crippen molar-refractivity contribution in [3.8, 4) is 11.4 Å². The fourth-order valence-electron chi connectivity index (χ4n) is 2.00. The summed E-state index contributed by atoms with van der Waals surface area (Å²) in [4.78, 5) is 4.39. The Bertz CT molecular complexity index is 714. The fourth-order valence-corrected chi connectivity index (χ4v) is 2.00. The van der Waals surface area contributed by atoms with E-state index in [1.807, 2.05) is 50.5 Å². The zero-order valence-corrected chi connectivity index (χ0v) is 11.3. The number of rotatable bonds is 3. The SMILES string of the molecule is Cn1cc(-c2noc(C(C)(N)c3ccccc3)n2)cn1. The Morgan fingerprint density at radius 2 is 2.00 bits per heavy atom. The van der Waals surface area contributed by atoms with Crippen molar-refractivity contribution < 1.29 is 4.52 Å². The van der Waals surface area contributed by atoms with Gasteiger partial charge in [0, 0.05) is 13.2 Å². The van der Waals surface area contributed by atoms with Crippen molar-refractivity contribution in [1.82, 2.24) is 19.9 Å². The topological polar surface area (TPSA) is 82.8 Å². The van der Waals surface area contributed by atoms with Gasteiger partial charge in [-0.1, -0.05) is 35.5 Å². The number of hydrogen-bond donors (Lipinski definition) is 1. The van der Waals surface area contributed by atoms with E-state index >= 15 is 0 Å². The van der Waals surface area contributed by atoms with E-state index < -0.39 is 5.54 Å². The predicted molar refractivity (Wildman–Crippen MR) is 73.6 cm³/mol. The summed E-state index contributed by atoms with van der Waals surface area (Å²) in [6.45, 7) is 1.85. The van der Waals surface area contributed by atoms with Crippen LogP contribution in [0.15, 0.2) is 47.2 Å². The molecule has 2 heterocycles. The Morgan fingerprint density at radius 1 is 1.25 bits per heavy atom. The lowest BCUT2D eigenvalue weighted by Crippen LogP contribution is -2.34. The van der Waals surface area contributed by atoms with Gasteiger partial charge < -0.3 is 10.3 Å². The summed E-state index contributed by atoms with van der Waals surface area (Å²) in [7, 11) is 1.83. The van der Waals surface area contributed by atoms with Crippen molar-refractivity contribution in [3.63, 3.8) is 0 Å². The zero-order chi connectivity index (χ0) is 14.2. The van der Waals surface area contributed by atoms with Crippen molar-refractivity contribution in [3.05, 3.63) is 54.2 Å². The molecule has 102 valence electrons. The van der Waals surface area contributed by atoms with Gasteiger partial charge in [-0.25, -0.2) is 0 Å². The standard InChI is InChI=1S/C14H15N5O/c1-14(15,11-6-4-3-5-7-11)13-17-12(18-20-13)10-8-16-19(2)9-10/h3-9H,15H2,1-2H3. The molecule has 1 unspecified atom stereocenters. The lowest BCUT2D eigenvalue weighted by atomic mass is 9.93. The molecule has 0 saturated heterocycles. The number of nitrogens with two attached hydrogens (primary N) is 1. The summed E-state index contributed by atoms with van der Waals surface area (Å²) >= 11 is 0. The van der Waals surface area contributed by atoms with Crippen LogP contribution in [0, 0.1) is 0 Å². The summed E-state index contributed by atoms with van der Waals surface area (Å²) in [6.07, 6.45) is 3.51. The molecular formula is C14H15N5O. The van der Waals surface area contributed by atoms with E-state index in [4.69, 9.17) is 10.3 Å². The van der Waals surface area contributed by atoms with Gasteiger partial charge in [0.05, 0.1) is 11.8 Å². The maximum Gasteiger partial charge on any atom is 0.251 e. The molecular weight excluding hydrogens is 254 g/mol. The number of nitrogens with zero attached hydrogens (tertiary/aromatic N) is 4. The Hall–Kier alpha value is -2.47. The minimum Gasteiger partial charge on any atom is -0.337 e. The van der Waals surface area contributed by atoms with Gasteiger partial charge in [-0.2, -0.15) is 10.1 Å². The summed E-state index contributed by atoms with van der Waals surface area (Å²) in [5.41, 5.74) is 7.23. The van der Waals surface area contributed by atoms with E-state index in [-0.39, 0.29) is 0 Å². The summed E-state index contributed by atoms with van der Waals surface area (Å²) in [5.74, 6) is 0.864. The fraction of sp³-hybridized carbons (Fsp3) is 0.214. The molecule has 2 aromatic heterocycles. The second-order valence-electron chi connectivity index (χ2n) is 4.89. The lowest BCUT2D eigenvalue weighted by Gasteiger charge is -2.20. The second kappa shape index (κ2) is 4.57. The number of aromatic nitrogens is 4. The maximum absolute atomic E-state index is 6.34. The third-order valence-electron chi connectivity index (χ3n) is 3.21. The minimum atomic E-state index is -0.825. The van der Waals surface area contributed by atoms with Crippen molar-refractivity contribution in [2.75, 3.05) is 0 Å². The number of benzene rings is 1. The average Bonchev–Trinajstić information content (AvgIpc) is 3.08. The van der Waals surface area contributed by atoms with Gasteiger partial charge in [-0.3, -0.25) is 4.68 Å². The predicted octanol–water partition coefficient (Wildman–Crippen LogP) is 1.69. The smallest absolute Gasteiger partial charge is 0.251 e. The van der Waals surface area contributed by atoms with Crippen LogP contribution >= 0.6 is 0 Å². The molecule has 6 nitrogen and oxygen atoms in total. The highest BCUT2D eigenvalue weighted by Gasteiger charge is 2.30. The van der Waals surface area contributed by atoms with Gasteiger partial charge in [-0.15, -0.1) is 0 Å². The monoisotopic (exact) mass is 269 g/mol. The second-order valence-corrected chi connectivity index (χ2v) is 4.89. The number of hydrogen-bond acceptors (Lipinski definition) is 5. The highest BCUT2D eigenvalue weighted by molar-refractivity contribution is 5.51. The lowest BCUT2D eigenvalue weighted by molar-refractivity contribution is 0.325. The first kappa shape index (κ1) is 12.6. The van der Waals surface area contributed by atoms with E-state index in [0.29, 0.717) is 11.7 Å². The van der Waals surface area contributed by atoms with Crippen LogP contribution < -0.4 is 5.73 Å². The molecule has 0 radical (unpaired) electrons. The molecule has 0 aliphatic carbocycles. The summed E-state index contributed by atoms with van der Waals surface area (Å²) < 4.78 is 7.01. The van der Waals surface area contributed by atoms with E-state index in [9.17, 15) is 0 Å². The summed E-state index contributed by atoms with van der Waals surface area (Å²) in [6, 6.07) is 9.67. The van der Waals surface area contributed by atoms with Crippen LogP contribution in [0.2, 0.25) is 0 Å². The Labute approximate surface area is 116 Å². The Kier molecular flexibility index (Phi) is 2.87. The quantitative estimate of drug-likeness (QED) is 0.782. The highest BCUT2D eigenvalue weighted by Crippen LogP contribution is 2.26. The molecule has 1 aromatic carbocycles. The minimum absolute atomic E-state index is 0.377. The molecule has 3 rings (SSSR count). The van der Waals surface area contributed by atoms with Crippen LogP contribution in [0.1, 0.15) is 18.4 Å². The van der Waals surface area contributed by atoms with Gasteiger partial charge in [0.25, 0.3) is 5.89 Å². The first-order chi connectivity index (χ1) is 9.57. The maximum atomic E-state index is 6.34. The van der Waals surface area contributed by atoms with Gasteiger partial charge in [0.2, 0.25) is 5.82 Å². The number of aryl methyl sites for hydroxylation is 1. The third-order valence-corrected chi connectivity index (χ3v) is 3.21. The van der Waals surface area contributed by atoms with Gasteiger partial charge in [0.1, 0.15) is 5.54 Å². The Morgan fingerprint density at radius 3 is 2.65 bits per heavy atom. The Balaban J connectivity index is 1.97. The van der Waals surface area contributed by atoms with E-state index in [2.05, 4.69) is 15.2 Å². The molecule has 0 fully saturated rings.